The van der Waals surface area contributed by atoms with Crippen LogP contribution in [0.5, 0.6) is 0 Å². The van der Waals surface area contributed by atoms with Crippen molar-refractivity contribution in [3.8, 4) is 0 Å². The molecule has 0 unspecified atom stereocenters. The molecule has 0 aromatic carbocycles. The molecule has 0 rings (SSSR count). The van der Waals surface area contributed by atoms with Crippen molar-refractivity contribution >= 4 is 0 Å². The monoisotopic (exact) mass is 214 g/mol. The Morgan fingerprint density at radius 1 is 1.33 bits per heavy atom. The largest absolute Gasteiger partial charge is 0.491 e. The maximum atomic E-state index is 12.4. The SMILES string of the molecule is C=C(F)/C=C(/OC(C)C)C(=C)C.CCC. The van der Waals surface area contributed by atoms with Gasteiger partial charge in [-0.05, 0) is 26.3 Å². The molecule has 0 amide bonds. The average molecular weight is 214 g/mol. The Morgan fingerprint density at radius 2 is 1.73 bits per heavy atom. The fraction of sp³-hybridized carbons (Fsp3) is 0.538. The summed E-state index contributed by atoms with van der Waals surface area (Å²) < 4.78 is 17.7. The Hall–Kier alpha value is -1.05. The molecule has 2 heteroatoms. The fourth-order valence-electron chi connectivity index (χ4n) is 0.654. The Morgan fingerprint density at radius 3 is 1.93 bits per heavy atom. The van der Waals surface area contributed by atoms with E-state index in [4.69, 9.17) is 4.74 Å². The minimum atomic E-state index is -0.520. The van der Waals surface area contributed by atoms with Gasteiger partial charge in [0.05, 0.1) is 6.10 Å². The fourth-order valence-corrected chi connectivity index (χ4v) is 0.654. The van der Waals surface area contributed by atoms with Gasteiger partial charge in [-0.25, -0.2) is 4.39 Å². The first-order valence-electron chi connectivity index (χ1n) is 5.23. The van der Waals surface area contributed by atoms with Crippen molar-refractivity contribution in [3.05, 3.63) is 36.4 Å². The first-order valence-corrected chi connectivity index (χ1v) is 5.23. The average Bonchev–Trinajstić information content (AvgIpc) is 2.02. The normalized spacial score (nSPS) is 10.5. The van der Waals surface area contributed by atoms with E-state index in [0.717, 1.165) is 0 Å². The van der Waals surface area contributed by atoms with E-state index < -0.39 is 5.83 Å². The predicted octanol–water partition coefficient (Wildman–Crippen LogP) is 4.77. The van der Waals surface area contributed by atoms with Crippen LogP contribution in [0.3, 0.4) is 0 Å². The minimum Gasteiger partial charge on any atom is -0.491 e. The number of hydrogen-bond donors (Lipinski definition) is 0. The van der Waals surface area contributed by atoms with Gasteiger partial charge >= 0.3 is 0 Å². The number of halogens is 1. The molecule has 0 aromatic rings. The van der Waals surface area contributed by atoms with Crippen LogP contribution in [0.15, 0.2) is 36.4 Å². The van der Waals surface area contributed by atoms with E-state index in [9.17, 15) is 4.39 Å². The van der Waals surface area contributed by atoms with E-state index in [2.05, 4.69) is 27.0 Å². The molecular weight excluding hydrogens is 191 g/mol. The third-order valence-electron chi connectivity index (χ3n) is 1.07. The first-order chi connectivity index (χ1) is 6.84. The molecule has 0 spiro atoms. The highest BCUT2D eigenvalue weighted by molar-refractivity contribution is 5.26. The summed E-state index contributed by atoms with van der Waals surface area (Å²) in [6, 6.07) is 0. The Balaban J connectivity index is 0. The van der Waals surface area contributed by atoms with Crippen LogP contribution in [-0.2, 0) is 4.74 Å². The van der Waals surface area contributed by atoms with Gasteiger partial charge in [0, 0.05) is 6.08 Å². The van der Waals surface area contributed by atoms with Crippen LogP contribution in [0.25, 0.3) is 0 Å². The smallest absolute Gasteiger partial charge is 0.124 e. The maximum absolute atomic E-state index is 12.4. The molecule has 0 radical (unpaired) electrons. The summed E-state index contributed by atoms with van der Waals surface area (Å²) in [5, 5.41) is 0. The van der Waals surface area contributed by atoms with E-state index in [1.807, 2.05) is 13.8 Å². The molecule has 15 heavy (non-hydrogen) atoms. The molecule has 0 atom stereocenters. The van der Waals surface area contributed by atoms with Crippen LogP contribution < -0.4 is 0 Å². The molecule has 0 saturated carbocycles. The quantitative estimate of drug-likeness (QED) is 0.484. The van der Waals surface area contributed by atoms with Gasteiger partial charge < -0.3 is 4.74 Å². The zero-order valence-corrected chi connectivity index (χ0v) is 10.6. The highest BCUT2D eigenvalue weighted by Crippen LogP contribution is 2.14. The molecule has 0 aliphatic heterocycles. The second-order valence-corrected chi connectivity index (χ2v) is 3.61. The van der Waals surface area contributed by atoms with Crippen LogP contribution in [0.4, 0.5) is 4.39 Å². The van der Waals surface area contributed by atoms with Gasteiger partial charge in [0.25, 0.3) is 0 Å². The molecule has 1 nitrogen and oxygen atoms in total. The molecule has 0 bridgehead atoms. The molecule has 0 aliphatic rings. The summed E-state index contributed by atoms with van der Waals surface area (Å²) in [4.78, 5) is 0. The third kappa shape index (κ3) is 12.9. The summed E-state index contributed by atoms with van der Waals surface area (Å²) >= 11 is 0. The van der Waals surface area contributed by atoms with Crippen molar-refractivity contribution in [2.24, 2.45) is 0 Å². The highest BCUT2D eigenvalue weighted by Gasteiger charge is 2.02. The molecule has 0 N–H and O–H groups in total. The van der Waals surface area contributed by atoms with E-state index >= 15 is 0 Å². The zero-order chi connectivity index (χ0) is 12.4. The van der Waals surface area contributed by atoms with Crippen LogP contribution in [0, 0.1) is 0 Å². The second-order valence-electron chi connectivity index (χ2n) is 3.61. The lowest BCUT2D eigenvalue weighted by Gasteiger charge is -2.12. The van der Waals surface area contributed by atoms with Gasteiger partial charge in [-0.3, -0.25) is 0 Å². The number of hydrogen-bond acceptors (Lipinski definition) is 1. The standard InChI is InChI=1S/C10H15FO.C3H8/c1-7(2)10(6-9(5)11)12-8(3)4;1-3-2/h6,8H,1,5H2,2-4H3;3H2,1-2H3/b10-6+;. The molecule has 0 saturated heterocycles. The van der Waals surface area contributed by atoms with Gasteiger partial charge in [-0.2, -0.15) is 0 Å². The molecule has 0 fully saturated rings. The predicted molar refractivity (Wildman–Crippen MR) is 65.3 cm³/mol. The van der Waals surface area contributed by atoms with E-state index in [0.29, 0.717) is 11.3 Å². The van der Waals surface area contributed by atoms with Gasteiger partial charge in [-0.1, -0.05) is 33.4 Å². The second kappa shape index (κ2) is 9.50. The van der Waals surface area contributed by atoms with E-state index in [1.165, 1.54) is 12.5 Å². The lowest BCUT2D eigenvalue weighted by atomic mass is 10.2. The topological polar surface area (TPSA) is 9.23 Å². The maximum Gasteiger partial charge on any atom is 0.124 e. The van der Waals surface area contributed by atoms with Gasteiger partial charge in [0.2, 0.25) is 0 Å². The summed E-state index contributed by atoms with van der Waals surface area (Å²) in [5.74, 6) is -0.0637. The van der Waals surface area contributed by atoms with Crippen molar-refractivity contribution in [1.82, 2.24) is 0 Å². The molecule has 0 heterocycles. The molecule has 0 aliphatic carbocycles. The van der Waals surface area contributed by atoms with Gasteiger partial charge in [0.15, 0.2) is 0 Å². The zero-order valence-electron chi connectivity index (χ0n) is 10.6. The van der Waals surface area contributed by atoms with E-state index in [1.54, 1.807) is 6.92 Å². The molecule has 0 aromatic heterocycles. The van der Waals surface area contributed by atoms with Crippen LogP contribution in [0.2, 0.25) is 0 Å². The third-order valence-corrected chi connectivity index (χ3v) is 1.07. The Kier molecular flexibility index (Phi) is 10.4. The number of allylic oxidation sites excluding steroid dienone is 3. The lowest BCUT2D eigenvalue weighted by molar-refractivity contribution is 0.154. The molecule has 88 valence electrons. The molecular formula is C13H23FO. The number of rotatable bonds is 4. The van der Waals surface area contributed by atoms with Crippen LogP contribution in [-0.4, -0.2) is 6.10 Å². The van der Waals surface area contributed by atoms with Crippen LogP contribution >= 0.6 is 0 Å². The Bertz CT molecular complexity index is 227. The van der Waals surface area contributed by atoms with Crippen molar-refractivity contribution < 1.29 is 9.13 Å². The summed E-state index contributed by atoms with van der Waals surface area (Å²) in [6.45, 7) is 16.5. The lowest BCUT2D eigenvalue weighted by Crippen LogP contribution is -2.02. The van der Waals surface area contributed by atoms with Crippen molar-refractivity contribution in [3.63, 3.8) is 0 Å². The Labute approximate surface area is 93.3 Å². The summed E-state index contributed by atoms with van der Waals surface area (Å²) in [5.41, 5.74) is 0.697. The summed E-state index contributed by atoms with van der Waals surface area (Å²) in [6.07, 6.45) is 2.51. The summed E-state index contributed by atoms with van der Waals surface area (Å²) in [7, 11) is 0. The van der Waals surface area contributed by atoms with Crippen molar-refractivity contribution in [2.75, 3.05) is 0 Å². The van der Waals surface area contributed by atoms with Crippen LogP contribution in [0.1, 0.15) is 41.0 Å². The number of ether oxygens (including phenoxy) is 1. The van der Waals surface area contributed by atoms with Crippen molar-refractivity contribution in [2.45, 2.75) is 47.1 Å². The van der Waals surface area contributed by atoms with Crippen molar-refractivity contribution in [1.29, 1.82) is 0 Å². The van der Waals surface area contributed by atoms with Gasteiger partial charge in [0.1, 0.15) is 11.6 Å². The van der Waals surface area contributed by atoms with E-state index in [-0.39, 0.29) is 6.10 Å². The highest BCUT2D eigenvalue weighted by atomic mass is 19.1. The first kappa shape index (κ1) is 16.4. The minimum absolute atomic E-state index is 0.0206. The van der Waals surface area contributed by atoms with Gasteiger partial charge in [-0.15, -0.1) is 0 Å².